The summed E-state index contributed by atoms with van der Waals surface area (Å²) in [6, 6.07) is 1.56. The molecule has 7 heteroatoms. The van der Waals surface area contributed by atoms with Gasteiger partial charge in [-0.2, -0.15) is 0 Å². The van der Waals surface area contributed by atoms with Crippen LogP contribution in [0.2, 0.25) is 0 Å². The van der Waals surface area contributed by atoms with Gasteiger partial charge in [0.25, 0.3) is 0 Å². The highest BCUT2D eigenvalue weighted by molar-refractivity contribution is 5.78. The van der Waals surface area contributed by atoms with Gasteiger partial charge < -0.3 is 21.3 Å². The predicted octanol–water partition coefficient (Wildman–Crippen LogP) is 0.251. The minimum absolute atomic E-state index is 0.0163. The maximum absolute atomic E-state index is 10.8. The van der Waals surface area contributed by atoms with Crippen LogP contribution in [0.4, 0.5) is 11.4 Å². The standard InChI is InChI=1S/C10H13N3O4/c11-7-1-2-12-5-8(7)13-4-6(10(16)17)3-9(14)15/h1-2,5-6,13H,3-4H2,(H2,11,12)(H,14,15)(H,16,17). The fourth-order valence-corrected chi connectivity index (χ4v) is 1.24. The summed E-state index contributed by atoms with van der Waals surface area (Å²) in [6.45, 7) is -0.0163. The third-order valence-electron chi connectivity index (χ3n) is 2.16. The Balaban J connectivity index is 2.61. The lowest BCUT2D eigenvalue weighted by Gasteiger charge is -2.13. The summed E-state index contributed by atoms with van der Waals surface area (Å²) in [6.07, 6.45) is 2.52. The molecule has 1 unspecified atom stereocenters. The van der Waals surface area contributed by atoms with E-state index in [-0.39, 0.29) is 6.54 Å². The average Bonchev–Trinajstić information content (AvgIpc) is 2.25. The molecule has 0 bridgehead atoms. The second kappa shape index (κ2) is 5.69. The first-order valence-electron chi connectivity index (χ1n) is 4.88. The summed E-state index contributed by atoms with van der Waals surface area (Å²) >= 11 is 0. The number of hydrogen-bond acceptors (Lipinski definition) is 5. The molecule has 0 saturated heterocycles. The van der Waals surface area contributed by atoms with Crippen molar-refractivity contribution in [3.63, 3.8) is 0 Å². The van der Waals surface area contributed by atoms with Gasteiger partial charge in [-0.25, -0.2) is 0 Å². The zero-order valence-corrected chi connectivity index (χ0v) is 8.96. The number of nitrogens with zero attached hydrogens (tertiary/aromatic N) is 1. The van der Waals surface area contributed by atoms with Crippen molar-refractivity contribution in [2.75, 3.05) is 17.6 Å². The van der Waals surface area contributed by atoms with E-state index < -0.39 is 24.3 Å². The Labute approximate surface area is 97.3 Å². The van der Waals surface area contributed by atoms with E-state index in [0.717, 1.165) is 0 Å². The predicted molar refractivity (Wildman–Crippen MR) is 60.5 cm³/mol. The molecule has 1 heterocycles. The van der Waals surface area contributed by atoms with Crippen LogP contribution in [0.3, 0.4) is 0 Å². The van der Waals surface area contributed by atoms with Crippen molar-refractivity contribution in [1.82, 2.24) is 4.98 Å². The number of nitrogen functional groups attached to an aromatic ring is 1. The maximum Gasteiger partial charge on any atom is 0.308 e. The van der Waals surface area contributed by atoms with Crippen LogP contribution in [0.1, 0.15) is 6.42 Å². The van der Waals surface area contributed by atoms with Crippen molar-refractivity contribution in [3.8, 4) is 0 Å². The number of pyridine rings is 1. The van der Waals surface area contributed by atoms with E-state index in [4.69, 9.17) is 15.9 Å². The van der Waals surface area contributed by atoms with Crippen molar-refractivity contribution in [3.05, 3.63) is 18.5 Å². The van der Waals surface area contributed by atoms with Gasteiger partial charge in [0, 0.05) is 12.7 Å². The topological polar surface area (TPSA) is 126 Å². The van der Waals surface area contributed by atoms with E-state index in [9.17, 15) is 9.59 Å². The largest absolute Gasteiger partial charge is 0.481 e. The summed E-state index contributed by atoms with van der Waals surface area (Å²) in [5.74, 6) is -3.33. The van der Waals surface area contributed by atoms with E-state index in [1.807, 2.05) is 0 Å². The normalized spacial score (nSPS) is 11.8. The molecule has 92 valence electrons. The monoisotopic (exact) mass is 239 g/mol. The molecule has 1 aromatic heterocycles. The number of carbonyl (C=O) groups is 2. The van der Waals surface area contributed by atoms with E-state index >= 15 is 0 Å². The first-order chi connectivity index (χ1) is 8.00. The first-order valence-corrected chi connectivity index (χ1v) is 4.88. The van der Waals surface area contributed by atoms with Crippen LogP contribution in [0.5, 0.6) is 0 Å². The van der Waals surface area contributed by atoms with Gasteiger partial charge >= 0.3 is 11.9 Å². The van der Waals surface area contributed by atoms with Crippen LogP contribution in [0.25, 0.3) is 0 Å². The number of nitrogens with one attached hydrogen (secondary N) is 1. The molecule has 1 rings (SSSR count). The molecular formula is C10H13N3O4. The zero-order valence-electron chi connectivity index (χ0n) is 8.96. The van der Waals surface area contributed by atoms with Crippen LogP contribution >= 0.6 is 0 Å². The summed E-state index contributed by atoms with van der Waals surface area (Å²) in [5, 5.41) is 20.1. The van der Waals surface area contributed by atoms with Gasteiger partial charge in [-0.05, 0) is 6.07 Å². The van der Waals surface area contributed by atoms with Gasteiger partial charge in [-0.15, -0.1) is 0 Å². The molecule has 0 spiro atoms. The molecule has 1 atom stereocenters. The average molecular weight is 239 g/mol. The number of carboxylic acids is 2. The van der Waals surface area contributed by atoms with Crippen LogP contribution in [0, 0.1) is 5.92 Å². The molecule has 17 heavy (non-hydrogen) atoms. The Morgan fingerprint density at radius 2 is 2.18 bits per heavy atom. The highest BCUT2D eigenvalue weighted by atomic mass is 16.4. The number of nitrogens with two attached hydrogens (primary N) is 1. The molecule has 0 aliphatic heterocycles. The fraction of sp³-hybridized carbons (Fsp3) is 0.300. The smallest absolute Gasteiger partial charge is 0.308 e. The number of carboxylic acid groups (broad SMARTS) is 2. The third kappa shape index (κ3) is 3.98. The fourth-order valence-electron chi connectivity index (χ4n) is 1.24. The van der Waals surface area contributed by atoms with Gasteiger partial charge in [-0.3, -0.25) is 14.6 Å². The molecular weight excluding hydrogens is 226 g/mol. The van der Waals surface area contributed by atoms with Crippen molar-refractivity contribution >= 4 is 23.3 Å². The minimum Gasteiger partial charge on any atom is -0.481 e. The van der Waals surface area contributed by atoms with Crippen molar-refractivity contribution in [2.45, 2.75) is 6.42 Å². The van der Waals surface area contributed by atoms with Crippen LogP contribution in [-0.4, -0.2) is 33.7 Å². The second-order valence-corrected chi connectivity index (χ2v) is 3.48. The summed E-state index contributed by atoms with van der Waals surface area (Å²) in [5.41, 5.74) is 6.54. The number of aromatic nitrogens is 1. The minimum atomic E-state index is -1.16. The molecule has 1 aromatic rings. The van der Waals surface area contributed by atoms with Crippen molar-refractivity contribution in [1.29, 1.82) is 0 Å². The van der Waals surface area contributed by atoms with Crippen LogP contribution in [-0.2, 0) is 9.59 Å². The van der Waals surface area contributed by atoms with Crippen molar-refractivity contribution in [2.24, 2.45) is 5.92 Å². The lowest BCUT2D eigenvalue weighted by molar-refractivity contribution is -0.147. The van der Waals surface area contributed by atoms with E-state index in [0.29, 0.717) is 11.4 Å². The van der Waals surface area contributed by atoms with Crippen LogP contribution < -0.4 is 11.1 Å². The van der Waals surface area contributed by atoms with Crippen molar-refractivity contribution < 1.29 is 19.8 Å². The lowest BCUT2D eigenvalue weighted by Crippen LogP contribution is -2.25. The molecule has 0 aliphatic carbocycles. The molecule has 0 radical (unpaired) electrons. The Hall–Kier alpha value is -2.31. The molecule has 7 nitrogen and oxygen atoms in total. The summed E-state index contributed by atoms with van der Waals surface area (Å²) in [4.78, 5) is 25.1. The quantitative estimate of drug-likeness (QED) is 0.560. The number of rotatable bonds is 6. The number of hydrogen-bond donors (Lipinski definition) is 4. The highest BCUT2D eigenvalue weighted by Gasteiger charge is 2.20. The van der Waals surface area contributed by atoms with Gasteiger partial charge in [0.2, 0.25) is 0 Å². The molecule has 0 amide bonds. The Morgan fingerprint density at radius 3 is 2.71 bits per heavy atom. The van der Waals surface area contributed by atoms with Gasteiger partial charge in [0.1, 0.15) is 0 Å². The Morgan fingerprint density at radius 1 is 1.47 bits per heavy atom. The van der Waals surface area contributed by atoms with Gasteiger partial charge in [0.05, 0.1) is 29.9 Å². The molecule has 0 aromatic carbocycles. The number of anilines is 2. The summed E-state index contributed by atoms with van der Waals surface area (Å²) in [7, 11) is 0. The highest BCUT2D eigenvalue weighted by Crippen LogP contribution is 2.16. The van der Waals surface area contributed by atoms with Gasteiger partial charge in [0.15, 0.2) is 0 Å². The van der Waals surface area contributed by atoms with Crippen LogP contribution in [0.15, 0.2) is 18.5 Å². The second-order valence-electron chi connectivity index (χ2n) is 3.48. The Bertz CT molecular complexity index is 422. The third-order valence-corrected chi connectivity index (χ3v) is 2.16. The Kier molecular flexibility index (Phi) is 4.27. The first kappa shape index (κ1) is 12.8. The zero-order chi connectivity index (χ0) is 12.8. The maximum atomic E-state index is 10.8. The molecule has 0 saturated carbocycles. The van der Waals surface area contributed by atoms with Gasteiger partial charge in [-0.1, -0.05) is 0 Å². The molecule has 0 fully saturated rings. The lowest BCUT2D eigenvalue weighted by atomic mass is 10.1. The summed E-state index contributed by atoms with van der Waals surface area (Å²) < 4.78 is 0. The van der Waals surface area contributed by atoms with E-state index in [1.54, 1.807) is 6.07 Å². The molecule has 5 N–H and O–H groups in total. The van der Waals surface area contributed by atoms with E-state index in [1.165, 1.54) is 12.4 Å². The SMILES string of the molecule is Nc1ccncc1NCC(CC(=O)O)C(=O)O. The molecule has 0 aliphatic rings. The number of aliphatic carboxylic acids is 2. The van der Waals surface area contributed by atoms with E-state index in [2.05, 4.69) is 10.3 Å².